The van der Waals surface area contributed by atoms with Crippen molar-refractivity contribution in [1.29, 1.82) is 0 Å². The fourth-order valence-electron chi connectivity index (χ4n) is 3.36. The maximum absolute atomic E-state index is 12.8. The van der Waals surface area contributed by atoms with Crippen LogP contribution in [0.2, 0.25) is 0 Å². The van der Waals surface area contributed by atoms with Crippen molar-refractivity contribution in [3.63, 3.8) is 0 Å². The Morgan fingerprint density at radius 1 is 1.08 bits per heavy atom. The first-order valence-electron chi connectivity index (χ1n) is 10.3. The van der Waals surface area contributed by atoms with Crippen molar-refractivity contribution in [2.24, 2.45) is 0 Å². The molecule has 0 saturated carbocycles. The number of nitro benzene ring substituents is 1. The summed E-state index contributed by atoms with van der Waals surface area (Å²) in [6.07, 6.45) is 1.54. The number of carbonyl (C=O) groups is 2. The minimum Gasteiger partial charge on any atom is -0.378 e. The molecule has 0 aromatic heterocycles. The quantitative estimate of drug-likeness (QED) is 0.150. The molecule has 0 unspecified atom stereocenters. The van der Waals surface area contributed by atoms with Crippen LogP contribution in [0.3, 0.4) is 0 Å². The SMILES string of the molecule is Cc1cccc(CN2C(=O)S/C(=C\c3ccc(OS(=O)(=O)c4ccc([N+](=O)[O-])cc4)c(Br)c3)C2=O)c1. The lowest BCUT2D eigenvalue weighted by atomic mass is 10.1. The number of aryl methyl sites for hydroxylation is 1. The van der Waals surface area contributed by atoms with Crippen LogP contribution in [-0.4, -0.2) is 29.4 Å². The highest BCUT2D eigenvalue weighted by molar-refractivity contribution is 9.10. The molecule has 1 fully saturated rings. The van der Waals surface area contributed by atoms with Crippen molar-refractivity contribution < 1.29 is 27.1 Å². The van der Waals surface area contributed by atoms with Gasteiger partial charge >= 0.3 is 10.1 Å². The Bertz CT molecular complexity index is 1520. The molecular weight excluding hydrogens is 572 g/mol. The summed E-state index contributed by atoms with van der Waals surface area (Å²) in [7, 11) is -4.25. The molecule has 0 radical (unpaired) electrons. The smallest absolute Gasteiger partial charge is 0.339 e. The normalized spacial score (nSPS) is 14.9. The van der Waals surface area contributed by atoms with Gasteiger partial charge in [0.1, 0.15) is 4.90 Å². The Hall–Kier alpha value is -3.48. The second-order valence-electron chi connectivity index (χ2n) is 7.74. The Morgan fingerprint density at radius 3 is 2.44 bits per heavy atom. The van der Waals surface area contributed by atoms with Gasteiger partial charge in [-0.25, -0.2) is 0 Å². The zero-order valence-corrected chi connectivity index (χ0v) is 21.8. The first-order valence-corrected chi connectivity index (χ1v) is 13.3. The first-order chi connectivity index (χ1) is 17.0. The van der Waals surface area contributed by atoms with Crippen LogP contribution in [0.1, 0.15) is 16.7 Å². The predicted octanol–water partition coefficient (Wildman–Crippen LogP) is 5.67. The van der Waals surface area contributed by atoms with Crippen molar-refractivity contribution in [1.82, 2.24) is 4.90 Å². The fraction of sp³-hybridized carbons (Fsp3) is 0.0833. The number of benzene rings is 3. The van der Waals surface area contributed by atoms with Gasteiger partial charge in [0.15, 0.2) is 5.75 Å². The van der Waals surface area contributed by atoms with E-state index < -0.39 is 20.9 Å². The summed E-state index contributed by atoms with van der Waals surface area (Å²) in [4.78, 5) is 36.6. The average molecular weight is 589 g/mol. The van der Waals surface area contributed by atoms with Gasteiger partial charge in [0.25, 0.3) is 16.8 Å². The Morgan fingerprint density at radius 2 is 1.81 bits per heavy atom. The molecule has 0 spiro atoms. The molecule has 4 rings (SSSR count). The molecule has 184 valence electrons. The minimum atomic E-state index is -4.25. The lowest BCUT2D eigenvalue weighted by Crippen LogP contribution is -2.27. The number of nitrogens with zero attached hydrogens (tertiary/aromatic N) is 2. The maximum Gasteiger partial charge on any atom is 0.339 e. The summed E-state index contributed by atoms with van der Waals surface area (Å²) in [6.45, 7) is 2.10. The van der Waals surface area contributed by atoms with Gasteiger partial charge in [0.05, 0.1) is 20.8 Å². The van der Waals surface area contributed by atoms with Crippen molar-refractivity contribution in [3.8, 4) is 5.75 Å². The lowest BCUT2D eigenvalue weighted by Gasteiger charge is -2.12. The number of thioether (sulfide) groups is 1. The van der Waals surface area contributed by atoms with Crippen LogP contribution in [0.25, 0.3) is 6.08 Å². The summed E-state index contributed by atoms with van der Waals surface area (Å²) < 4.78 is 30.6. The van der Waals surface area contributed by atoms with E-state index >= 15 is 0 Å². The number of non-ortho nitro benzene ring substituents is 1. The molecule has 0 N–H and O–H groups in total. The number of hydrogen-bond donors (Lipinski definition) is 0. The highest BCUT2D eigenvalue weighted by atomic mass is 79.9. The maximum atomic E-state index is 12.8. The summed E-state index contributed by atoms with van der Waals surface area (Å²) in [6, 6.07) is 16.4. The van der Waals surface area contributed by atoms with Crippen LogP contribution in [0.15, 0.2) is 81.0 Å². The van der Waals surface area contributed by atoms with E-state index in [1.54, 1.807) is 18.2 Å². The molecule has 0 bridgehead atoms. The predicted molar refractivity (Wildman–Crippen MR) is 138 cm³/mol. The van der Waals surface area contributed by atoms with Crippen LogP contribution >= 0.6 is 27.7 Å². The number of amides is 2. The van der Waals surface area contributed by atoms with Gasteiger partial charge in [-0.3, -0.25) is 24.6 Å². The van der Waals surface area contributed by atoms with Gasteiger partial charge in [-0.15, -0.1) is 0 Å². The summed E-state index contributed by atoms with van der Waals surface area (Å²) in [5.41, 5.74) is 2.17. The van der Waals surface area contributed by atoms with Crippen LogP contribution in [0.5, 0.6) is 5.75 Å². The van der Waals surface area contributed by atoms with Crippen LogP contribution in [0.4, 0.5) is 10.5 Å². The third-order valence-corrected chi connectivity index (χ3v) is 7.86. The van der Waals surface area contributed by atoms with Gasteiger partial charge in [-0.1, -0.05) is 35.9 Å². The van der Waals surface area contributed by atoms with E-state index in [9.17, 15) is 28.1 Å². The van der Waals surface area contributed by atoms with Gasteiger partial charge in [-0.05, 0) is 76.1 Å². The molecule has 12 heteroatoms. The van der Waals surface area contributed by atoms with E-state index in [0.717, 1.165) is 47.2 Å². The van der Waals surface area contributed by atoms with Crippen molar-refractivity contribution >= 4 is 60.7 Å². The number of halogens is 1. The van der Waals surface area contributed by atoms with E-state index in [4.69, 9.17) is 4.18 Å². The second kappa shape index (κ2) is 10.2. The highest BCUT2D eigenvalue weighted by Gasteiger charge is 2.35. The average Bonchev–Trinajstić information content (AvgIpc) is 3.08. The first kappa shape index (κ1) is 25.6. The molecule has 36 heavy (non-hydrogen) atoms. The number of imide groups is 1. The molecular formula is C24H17BrN2O7S2. The second-order valence-corrected chi connectivity index (χ2v) is 11.1. The number of rotatable bonds is 7. The Balaban J connectivity index is 1.50. The van der Waals surface area contributed by atoms with Crippen molar-refractivity contribution in [3.05, 3.63) is 103 Å². The molecule has 1 aliphatic rings. The molecule has 0 aliphatic carbocycles. The fourth-order valence-corrected chi connectivity index (χ4v) is 5.73. The molecule has 9 nitrogen and oxygen atoms in total. The Kier molecular flexibility index (Phi) is 7.29. The van der Waals surface area contributed by atoms with Gasteiger partial charge in [0, 0.05) is 12.1 Å². The lowest BCUT2D eigenvalue weighted by molar-refractivity contribution is -0.384. The molecule has 3 aromatic carbocycles. The highest BCUT2D eigenvalue weighted by Crippen LogP contribution is 2.35. The Labute approximate surface area is 219 Å². The van der Waals surface area contributed by atoms with E-state index in [-0.39, 0.29) is 33.0 Å². The number of hydrogen-bond acceptors (Lipinski definition) is 8. The monoisotopic (exact) mass is 588 g/mol. The number of carbonyl (C=O) groups excluding carboxylic acids is 2. The van der Waals surface area contributed by atoms with E-state index in [0.29, 0.717) is 10.0 Å². The summed E-state index contributed by atoms with van der Waals surface area (Å²) >= 11 is 4.09. The van der Waals surface area contributed by atoms with Gasteiger partial charge in [0.2, 0.25) is 0 Å². The number of nitro groups is 1. The summed E-state index contributed by atoms with van der Waals surface area (Å²) in [5.74, 6) is -0.429. The molecule has 1 saturated heterocycles. The van der Waals surface area contributed by atoms with E-state index in [2.05, 4.69) is 15.9 Å². The molecule has 2 amide bonds. The summed E-state index contributed by atoms with van der Waals surface area (Å²) in [5, 5.41) is 10.4. The minimum absolute atomic E-state index is 0.0157. The topological polar surface area (TPSA) is 124 Å². The van der Waals surface area contributed by atoms with Gasteiger partial charge in [-0.2, -0.15) is 8.42 Å². The molecule has 3 aromatic rings. The van der Waals surface area contributed by atoms with E-state index in [1.807, 2.05) is 31.2 Å². The third-order valence-electron chi connectivity index (χ3n) is 5.09. The zero-order chi connectivity index (χ0) is 26.0. The molecule has 1 heterocycles. The standard InChI is InChI=1S/C24H17BrN2O7S2/c1-15-3-2-4-17(11-15)14-26-23(28)22(35-24(26)29)13-16-5-10-21(20(25)12-16)34-36(32,33)19-8-6-18(7-9-19)27(30)31/h2-13H,14H2,1H3/b22-13-. The largest absolute Gasteiger partial charge is 0.378 e. The van der Waals surface area contributed by atoms with E-state index in [1.165, 1.54) is 11.0 Å². The zero-order valence-electron chi connectivity index (χ0n) is 18.6. The van der Waals surface area contributed by atoms with Crippen LogP contribution in [0, 0.1) is 17.0 Å². The van der Waals surface area contributed by atoms with Gasteiger partial charge < -0.3 is 4.18 Å². The van der Waals surface area contributed by atoms with Crippen molar-refractivity contribution in [2.75, 3.05) is 0 Å². The van der Waals surface area contributed by atoms with Crippen LogP contribution < -0.4 is 4.18 Å². The molecule has 0 atom stereocenters. The van der Waals surface area contributed by atoms with Crippen molar-refractivity contribution in [2.45, 2.75) is 18.4 Å². The molecule has 1 aliphatic heterocycles. The third kappa shape index (κ3) is 5.66. The van der Waals surface area contributed by atoms with Crippen LogP contribution in [-0.2, 0) is 21.5 Å².